The number of nitro groups is 1. The maximum Gasteiger partial charge on any atom is 0.307 e. The normalized spacial score (nSPS) is 11.5. The zero-order chi connectivity index (χ0) is 17.5. The summed E-state index contributed by atoms with van der Waals surface area (Å²) in [6.07, 6.45) is 0. The zero-order valence-electron chi connectivity index (χ0n) is 12.3. The van der Waals surface area contributed by atoms with Crippen molar-refractivity contribution < 1.29 is 13.3 Å². The molecule has 0 atom stereocenters. The van der Waals surface area contributed by atoms with Crippen LogP contribution in [-0.4, -0.2) is 17.9 Å². The van der Waals surface area contributed by atoms with Crippen molar-refractivity contribution in [1.82, 2.24) is 4.57 Å². The van der Waals surface area contributed by atoms with Crippen molar-refractivity contribution in [3.63, 3.8) is 0 Å². The van der Waals surface area contributed by atoms with E-state index < -0.39 is 14.9 Å². The third-order valence-electron chi connectivity index (χ3n) is 3.38. The van der Waals surface area contributed by atoms with E-state index in [4.69, 9.17) is 0 Å². The Labute approximate surface area is 140 Å². The molecule has 3 rings (SSSR count). The molecule has 1 heterocycles. The minimum atomic E-state index is -3.93. The van der Waals surface area contributed by atoms with Crippen LogP contribution in [0.5, 0.6) is 0 Å². The Morgan fingerprint density at radius 2 is 1.96 bits per heavy atom. The predicted molar refractivity (Wildman–Crippen MR) is 91.0 cm³/mol. The number of non-ortho nitro benzene ring substituents is 1. The first-order valence-corrected chi connectivity index (χ1v) is 8.95. The van der Waals surface area contributed by atoms with E-state index in [-0.39, 0.29) is 21.1 Å². The van der Waals surface area contributed by atoms with Crippen molar-refractivity contribution in [3.05, 3.63) is 62.2 Å². The number of aryl methyl sites for hydroxylation is 1. The summed E-state index contributed by atoms with van der Waals surface area (Å²) in [6, 6.07) is 9.55. The quantitative estimate of drug-likeness (QED) is 0.563. The molecule has 0 spiro atoms. The van der Waals surface area contributed by atoms with Gasteiger partial charge in [-0.25, -0.2) is 8.42 Å². The van der Waals surface area contributed by atoms with Crippen molar-refractivity contribution in [2.75, 3.05) is 4.72 Å². The average molecular weight is 365 g/mol. The fourth-order valence-corrected chi connectivity index (χ4v) is 4.25. The first kappa shape index (κ1) is 16.1. The van der Waals surface area contributed by atoms with E-state index in [1.807, 2.05) is 0 Å². The van der Waals surface area contributed by atoms with Gasteiger partial charge in [0.1, 0.15) is 0 Å². The molecule has 0 saturated heterocycles. The van der Waals surface area contributed by atoms with E-state index in [1.54, 1.807) is 13.1 Å². The van der Waals surface area contributed by atoms with Crippen LogP contribution >= 0.6 is 11.3 Å². The van der Waals surface area contributed by atoms with Gasteiger partial charge >= 0.3 is 4.87 Å². The highest BCUT2D eigenvalue weighted by Gasteiger charge is 2.17. The number of hydrogen-bond acceptors (Lipinski definition) is 6. The lowest BCUT2D eigenvalue weighted by Crippen LogP contribution is -2.13. The molecule has 10 heteroatoms. The van der Waals surface area contributed by atoms with Crippen LogP contribution in [0.2, 0.25) is 0 Å². The molecule has 3 aromatic rings. The van der Waals surface area contributed by atoms with Crippen LogP contribution in [0.3, 0.4) is 0 Å². The number of anilines is 1. The second kappa shape index (κ2) is 5.73. The lowest BCUT2D eigenvalue weighted by molar-refractivity contribution is -0.384. The summed E-state index contributed by atoms with van der Waals surface area (Å²) in [4.78, 5) is 21.6. The summed E-state index contributed by atoms with van der Waals surface area (Å²) in [5.74, 6) is 0. The van der Waals surface area contributed by atoms with Crippen molar-refractivity contribution in [3.8, 4) is 0 Å². The molecule has 124 valence electrons. The molecule has 2 aromatic carbocycles. The third kappa shape index (κ3) is 2.88. The number of nitrogens with one attached hydrogen (secondary N) is 1. The predicted octanol–water partition coefficient (Wildman–Crippen LogP) is 2.31. The molecule has 0 aliphatic heterocycles. The highest BCUT2D eigenvalue weighted by molar-refractivity contribution is 7.92. The van der Waals surface area contributed by atoms with Crippen LogP contribution in [0, 0.1) is 10.1 Å². The first-order chi connectivity index (χ1) is 11.3. The highest BCUT2D eigenvalue weighted by Crippen LogP contribution is 2.24. The number of hydrogen-bond donors (Lipinski definition) is 1. The monoisotopic (exact) mass is 365 g/mol. The number of fused-ring (bicyclic) bond motifs is 1. The number of nitro benzene ring substituents is 1. The van der Waals surface area contributed by atoms with Gasteiger partial charge in [0.15, 0.2) is 0 Å². The van der Waals surface area contributed by atoms with Crippen LogP contribution in [0.25, 0.3) is 10.2 Å². The Morgan fingerprint density at radius 3 is 2.67 bits per heavy atom. The maximum absolute atomic E-state index is 12.5. The molecular weight excluding hydrogens is 354 g/mol. The summed E-state index contributed by atoms with van der Waals surface area (Å²) in [5.41, 5.74) is 0.511. The fraction of sp³-hybridized carbons (Fsp3) is 0.0714. The van der Waals surface area contributed by atoms with Gasteiger partial charge in [0.05, 0.1) is 25.7 Å². The summed E-state index contributed by atoms with van der Waals surface area (Å²) >= 11 is 0.948. The fourth-order valence-electron chi connectivity index (χ4n) is 2.18. The standard InChI is InChI=1S/C14H11N3O5S2/c1-16-12-6-5-11(8-13(12)23-14(16)18)24(21,22)15-9-3-2-4-10(7-9)17(19)20/h2-8,15H,1H3. The van der Waals surface area contributed by atoms with Gasteiger partial charge in [-0.15, -0.1) is 0 Å². The minimum Gasteiger partial charge on any atom is -0.302 e. The molecule has 8 nitrogen and oxygen atoms in total. The number of benzene rings is 2. The molecule has 0 fully saturated rings. The van der Waals surface area contributed by atoms with E-state index in [0.717, 1.165) is 17.4 Å². The molecule has 0 unspecified atom stereocenters. The number of nitrogens with zero attached hydrogens (tertiary/aromatic N) is 2. The molecule has 0 aliphatic rings. The topological polar surface area (TPSA) is 111 Å². The van der Waals surface area contributed by atoms with Crippen LogP contribution in [0.15, 0.2) is 52.2 Å². The van der Waals surface area contributed by atoms with Crippen molar-refractivity contribution in [2.24, 2.45) is 7.05 Å². The van der Waals surface area contributed by atoms with E-state index in [1.165, 1.54) is 34.9 Å². The molecular formula is C14H11N3O5S2. The first-order valence-electron chi connectivity index (χ1n) is 6.65. The number of rotatable bonds is 4. The molecule has 0 bridgehead atoms. The maximum atomic E-state index is 12.5. The van der Waals surface area contributed by atoms with Crippen LogP contribution in [0.1, 0.15) is 0 Å². The SMILES string of the molecule is Cn1c(=O)sc2cc(S(=O)(=O)Nc3cccc([N+](=O)[O-])c3)ccc21. The van der Waals surface area contributed by atoms with Crippen LogP contribution < -0.4 is 9.60 Å². The Kier molecular flexibility index (Phi) is 3.85. The van der Waals surface area contributed by atoms with E-state index in [9.17, 15) is 23.3 Å². The highest BCUT2D eigenvalue weighted by atomic mass is 32.2. The van der Waals surface area contributed by atoms with Crippen molar-refractivity contribution in [1.29, 1.82) is 0 Å². The third-order valence-corrected chi connectivity index (χ3v) is 5.76. The van der Waals surface area contributed by atoms with Gasteiger partial charge < -0.3 is 4.57 Å². The van der Waals surface area contributed by atoms with Gasteiger partial charge in [0, 0.05) is 19.2 Å². The second-order valence-corrected chi connectivity index (χ2v) is 7.65. The van der Waals surface area contributed by atoms with Crippen molar-refractivity contribution in [2.45, 2.75) is 4.90 Å². The Bertz CT molecular complexity index is 1110. The second-order valence-electron chi connectivity index (χ2n) is 4.97. The summed E-state index contributed by atoms with van der Waals surface area (Å²) in [6.45, 7) is 0. The number of thiazole rings is 1. The molecule has 0 radical (unpaired) electrons. The summed E-state index contributed by atoms with van der Waals surface area (Å²) < 4.78 is 29.2. The molecule has 1 aromatic heterocycles. The smallest absolute Gasteiger partial charge is 0.302 e. The zero-order valence-corrected chi connectivity index (χ0v) is 13.9. The van der Waals surface area contributed by atoms with Gasteiger partial charge in [-0.2, -0.15) is 0 Å². The Morgan fingerprint density at radius 1 is 1.21 bits per heavy atom. The molecule has 1 N–H and O–H groups in total. The van der Waals surface area contributed by atoms with Gasteiger partial charge in [-0.1, -0.05) is 17.4 Å². The van der Waals surface area contributed by atoms with E-state index in [0.29, 0.717) is 10.2 Å². The van der Waals surface area contributed by atoms with Crippen LogP contribution in [-0.2, 0) is 17.1 Å². The van der Waals surface area contributed by atoms with Gasteiger partial charge in [0.25, 0.3) is 15.7 Å². The molecule has 0 saturated carbocycles. The Balaban J connectivity index is 2.00. The summed E-state index contributed by atoms with van der Waals surface area (Å²) in [5, 5.41) is 10.8. The molecule has 0 aliphatic carbocycles. The van der Waals surface area contributed by atoms with E-state index in [2.05, 4.69) is 4.72 Å². The van der Waals surface area contributed by atoms with Crippen LogP contribution in [0.4, 0.5) is 11.4 Å². The van der Waals surface area contributed by atoms with Gasteiger partial charge in [-0.05, 0) is 24.3 Å². The largest absolute Gasteiger partial charge is 0.307 e. The average Bonchev–Trinajstić information content (AvgIpc) is 2.81. The van der Waals surface area contributed by atoms with Crippen molar-refractivity contribution >= 4 is 43.0 Å². The number of aromatic nitrogens is 1. The molecule has 24 heavy (non-hydrogen) atoms. The van der Waals surface area contributed by atoms with Gasteiger partial charge in [0.2, 0.25) is 0 Å². The molecule has 0 amide bonds. The van der Waals surface area contributed by atoms with Gasteiger partial charge in [-0.3, -0.25) is 19.6 Å². The minimum absolute atomic E-state index is 0.0247. The Hall–Kier alpha value is -2.72. The summed E-state index contributed by atoms with van der Waals surface area (Å²) in [7, 11) is -2.32. The lowest BCUT2D eigenvalue weighted by atomic mass is 10.3. The van der Waals surface area contributed by atoms with E-state index >= 15 is 0 Å². The number of sulfonamides is 1. The lowest BCUT2D eigenvalue weighted by Gasteiger charge is -2.08.